The first kappa shape index (κ1) is 22.8. The van der Waals surface area contributed by atoms with E-state index in [0.717, 1.165) is 11.1 Å². The lowest BCUT2D eigenvalue weighted by Crippen LogP contribution is -2.21. The lowest BCUT2D eigenvalue weighted by atomic mass is 10.0. The van der Waals surface area contributed by atoms with Gasteiger partial charge < -0.3 is 14.8 Å². The molecule has 0 atom stereocenters. The predicted molar refractivity (Wildman–Crippen MR) is 125 cm³/mol. The molecular formula is C24H24ClNO4S. The third kappa shape index (κ3) is 5.66. The van der Waals surface area contributed by atoms with Gasteiger partial charge in [-0.15, -0.1) is 11.3 Å². The molecule has 0 radical (unpaired) electrons. The van der Waals surface area contributed by atoms with Crippen molar-refractivity contribution in [1.82, 2.24) is 0 Å². The van der Waals surface area contributed by atoms with Gasteiger partial charge in [0.2, 0.25) is 0 Å². The second-order valence-electron chi connectivity index (χ2n) is 7.11. The number of hydrogen-bond acceptors (Lipinski definition) is 5. The molecule has 0 aliphatic heterocycles. The molecule has 3 aromatic rings. The van der Waals surface area contributed by atoms with E-state index in [1.54, 1.807) is 19.1 Å². The smallest absolute Gasteiger partial charge is 0.341 e. The van der Waals surface area contributed by atoms with Crippen molar-refractivity contribution >= 4 is 39.8 Å². The topological polar surface area (TPSA) is 64.6 Å². The largest absolute Gasteiger partial charge is 0.483 e. The van der Waals surface area contributed by atoms with Gasteiger partial charge >= 0.3 is 5.97 Å². The first-order valence-corrected chi connectivity index (χ1v) is 11.2. The molecule has 0 bridgehead atoms. The highest BCUT2D eigenvalue weighted by Crippen LogP contribution is 2.36. The average Bonchev–Trinajstić information content (AvgIpc) is 3.16. The number of amides is 1. The summed E-state index contributed by atoms with van der Waals surface area (Å²) in [6, 6.07) is 14.8. The Labute approximate surface area is 191 Å². The maximum Gasteiger partial charge on any atom is 0.341 e. The zero-order chi connectivity index (χ0) is 22.4. The molecule has 0 fully saturated rings. The van der Waals surface area contributed by atoms with Crippen molar-refractivity contribution in [1.29, 1.82) is 0 Å². The summed E-state index contributed by atoms with van der Waals surface area (Å²) in [5, 5.41) is 5.64. The van der Waals surface area contributed by atoms with Crippen LogP contribution in [-0.2, 0) is 9.53 Å². The van der Waals surface area contributed by atoms with E-state index in [0.29, 0.717) is 26.9 Å². The molecule has 162 valence electrons. The number of esters is 1. The number of anilines is 1. The van der Waals surface area contributed by atoms with Crippen LogP contribution in [0.25, 0.3) is 11.1 Å². The number of para-hydroxylation sites is 1. The fraction of sp³-hybridized carbons (Fsp3) is 0.250. The molecule has 0 unspecified atom stereocenters. The molecule has 0 aliphatic carbocycles. The van der Waals surface area contributed by atoms with Gasteiger partial charge in [-0.2, -0.15) is 0 Å². The van der Waals surface area contributed by atoms with E-state index in [4.69, 9.17) is 21.1 Å². The summed E-state index contributed by atoms with van der Waals surface area (Å²) in [7, 11) is 0. The van der Waals surface area contributed by atoms with Crippen molar-refractivity contribution in [3.05, 3.63) is 70.1 Å². The van der Waals surface area contributed by atoms with Gasteiger partial charge in [-0.25, -0.2) is 4.79 Å². The maximum absolute atomic E-state index is 12.6. The minimum atomic E-state index is -0.491. The number of thiophene rings is 1. The Bertz CT molecular complexity index is 1060. The van der Waals surface area contributed by atoms with E-state index in [1.165, 1.54) is 11.3 Å². The highest BCUT2D eigenvalue weighted by Gasteiger charge is 2.23. The van der Waals surface area contributed by atoms with Gasteiger partial charge in [0.15, 0.2) is 6.61 Å². The summed E-state index contributed by atoms with van der Waals surface area (Å²) in [4.78, 5) is 25.2. The van der Waals surface area contributed by atoms with Crippen molar-refractivity contribution < 1.29 is 19.1 Å². The number of hydrogen-bond donors (Lipinski definition) is 1. The number of rotatable bonds is 8. The lowest BCUT2D eigenvalue weighted by molar-refractivity contribution is -0.118. The summed E-state index contributed by atoms with van der Waals surface area (Å²) in [5.74, 6) is 0.101. The van der Waals surface area contributed by atoms with Crippen molar-refractivity contribution in [3.63, 3.8) is 0 Å². The third-order valence-electron chi connectivity index (χ3n) is 4.58. The summed E-state index contributed by atoms with van der Waals surface area (Å²) >= 11 is 7.25. The van der Waals surface area contributed by atoms with Gasteiger partial charge in [-0.1, -0.05) is 55.8 Å². The van der Waals surface area contributed by atoms with Crippen LogP contribution in [0.5, 0.6) is 5.75 Å². The SMILES string of the molecule is CCOC(=O)c1c(-c2ccc(Cl)cc2)csc1NC(=O)COc1ccccc1C(C)C. The van der Waals surface area contributed by atoms with Crippen LogP contribution in [0.4, 0.5) is 5.00 Å². The third-order valence-corrected chi connectivity index (χ3v) is 5.73. The minimum Gasteiger partial charge on any atom is -0.483 e. The minimum absolute atomic E-state index is 0.166. The number of nitrogens with one attached hydrogen (secondary N) is 1. The highest BCUT2D eigenvalue weighted by molar-refractivity contribution is 7.15. The van der Waals surface area contributed by atoms with Crippen molar-refractivity contribution in [2.24, 2.45) is 0 Å². The molecule has 1 N–H and O–H groups in total. The molecule has 0 saturated carbocycles. The number of halogens is 1. The van der Waals surface area contributed by atoms with E-state index >= 15 is 0 Å². The monoisotopic (exact) mass is 457 g/mol. The Hall–Kier alpha value is -2.83. The Morgan fingerprint density at radius 2 is 1.81 bits per heavy atom. The number of carbonyl (C=O) groups is 2. The fourth-order valence-corrected chi connectivity index (χ4v) is 4.19. The molecule has 5 nitrogen and oxygen atoms in total. The number of ether oxygens (including phenoxy) is 2. The molecule has 31 heavy (non-hydrogen) atoms. The summed E-state index contributed by atoms with van der Waals surface area (Å²) in [6.07, 6.45) is 0. The molecule has 0 spiro atoms. The molecule has 7 heteroatoms. The van der Waals surface area contributed by atoms with Crippen LogP contribution in [0.1, 0.15) is 42.6 Å². The zero-order valence-electron chi connectivity index (χ0n) is 17.6. The molecule has 1 amide bonds. The number of carbonyl (C=O) groups excluding carboxylic acids is 2. The Morgan fingerprint density at radius 3 is 2.48 bits per heavy atom. The standard InChI is InChI=1S/C24H24ClNO4S/c1-4-29-24(28)22-19(16-9-11-17(25)12-10-16)14-31-23(22)26-21(27)13-30-20-8-6-5-7-18(20)15(2)3/h5-12,14-15H,4,13H2,1-3H3,(H,26,27). The summed E-state index contributed by atoms with van der Waals surface area (Å²) in [6.45, 7) is 5.94. The van der Waals surface area contributed by atoms with E-state index in [9.17, 15) is 9.59 Å². The van der Waals surface area contributed by atoms with Crippen LogP contribution in [-0.4, -0.2) is 25.1 Å². The van der Waals surface area contributed by atoms with Gasteiger partial charge in [-0.05, 0) is 42.2 Å². The zero-order valence-corrected chi connectivity index (χ0v) is 19.2. The average molecular weight is 458 g/mol. The van der Waals surface area contributed by atoms with E-state index in [1.807, 2.05) is 41.8 Å². The molecule has 3 rings (SSSR count). The van der Waals surface area contributed by atoms with Crippen molar-refractivity contribution in [2.75, 3.05) is 18.5 Å². The van der Waals surface area contributed by atoms with Gasteiger partial charge in [0, 0.05) is 16.0 Å². The van der Waals surface area contributed by atoms with E-state index < -0.39 is 5.97 Å². The quantitative estimate of drug-likeness (QED) is 0.398. The number of benzene rings is 2. The fourth-order valence-electron chi connectivity index (χ4n) is 3.09. The van der Waals surface area contributed by atoms with Crippen LogP contribution in [0.2, 0.25) is 5.02 Å². The second-order valence-corrected chi connectivity index (χ2v) is 8.43. The summed E-state index contributed by atoms with van der Waals surface area (Å²) < 4.78 is 11.0. The van der Waals surface area contributed by atoms with Crippen molar-refractivity contribution in [2.45, 2.75) is 26.7 Å². The maximum atomic E-state index is 12.6. The summed E-state index contributed by atoms with van der Waals surface area (Å²) in [5.41, 5.74) is 2.85. The van der Waals surface area contributed by atoms with Crippen molar-refractivity contribution in [3.8, 4) is 16.9 Å². The van der Waals surface area contributed by atoms with Crippen LogP contribution < -0.4 is 10.1 Å². The van der Waals surface area contributed by atoms with Gasteiger partial charge in [0.25, 0.3) is 5.91 Å². The first-order valence-electron chi connectivity index (χ1n) is 9.96. The van der Waals surface area contributed by atoms with Crippen LogP contribution in [0.3, 0.4) is 0 Å². The van der Waals surface area contributed by atoms with Gasteiger partial charge in [0.05, 0.1) is 6.61 Å². The Kier molecular flexibility index (Phi) is 7.71. The van der Waals surface area contributed by atoms with Gasteiger partial charge in [0.1, 0.15) is 16.3 Å². The normalized spacial score (nSPS) is 10.7. The Balaban J connectivity index is 1.80. The van der Waals surface area contributed by atoms with E-state index in [2.05, 4.69) is 19.2 Å². The molecule has 1 aromatic heterocycles. The van der Waals surface area contributed by atoms with Crippen LogP contribution in [0, 0.1) is 0 Å². The molecule has 1 heterocycles. The molecule has 0 aliphatic rings. The van der Waals surface area contributed by atoms with Gasteiger partial charge in [-0.3, -0.25) is 4.79 Å². The Morgan fingerprint density at radius 1 is 1.10 bits per heavy atom. The van der Waals surface area contributed by atoms with E-state index in [-0.39, 0.29) is 25.0 Å². The molecular weight excluding hydrogens is 434 g/mol. The van der Waals surface area contributed by atoms with Crippen LogP contribution in [0.15, 0.2) is 53.9 Å². The second kappa shape index (κ2) is 10.5. The molecule has 0 saturated heterocycles. The molecule has 2 aromatic carbocycles. The lowest BCUT2D eigenvalue weighted by Gasteiger charge is -2.14. The first-order chi connectivity index (χ1) is 14.9. The predicted octanol–water partition coefficient (Wildman–Crippen LogP) is 6.39. The van der Waals surface area contributed by atoms with Crippen LogP contribution >= 0.6 is 22.9 Å². The highest BCUT2D eigenvalue weighted by atomic mass is 35.5.